The van der Waals surface area contributed by atoms with Crippen LogP contribution in [0.4, 0.5) is 0 Å². The van der Waals surface area contributed by atoms with E-state index >= 15 is 0 Å². The number of hydrogen-bond acceptors (Lipinski definition) is 12. The maximum atomic E-state index is 13.2. The number of nitrogens with one attached hydrogen (secondary N) is 3. The van der Waals surface area contributed by atoms with Gasteiger partial charge in [0.05, 0.1) is 12.5 Å². The Morgan fingerprint density at radius 1 is 0.674 bits per heavy atom. The Hall–Kier alpha value is -4.83. The van der Waals surface area contributed by atoms with Crippen LogP contribution in [-0.4, -0.2) is 90.0 Å². The summed E-state index contributed by atoms with van der Waals surface area (Å²) >= 11 is 0. The molecule has 19 nitrogen and oxygen atoms in total. The van der Waals surface area contributed by atoms with Crippen molar-refractivity contribution < 1.29 is 68.5 Å². The molecule has 2 rings (SSSR count). The van der Waals surface area contributed by atoms with Crippen LogP contribution in [-0.2, 0) is 57.6 Å². The number of nitrogens with two attached hydrogens (primary N) is 1. The summed E-state index contributed by atoms with van der Waals surface area (Å²) in [5.41, 5.74) is 6.13. The number of benzene rings is 2. The molecule has 0 heterocycles. The fourth-order valence-electron chi connectivity index (χ4n) is 3.72. The summed E-state index contributed by atoms with van der Waals surface area (Å²) in [5, 5.41) is 25.7. The number of hydrogen-bond donors (Lipinski definition) is 8. The van der Waals surface area contributed by atoms with E-state index in [2.05, 4.69) is 24.3 Å². The lowest BCUT2D eigenvalue weighted by Gasteiger charge is -2.24. The second-order valence-electron chi connectivity index (χ2n) is 9.63. The smallest absolute Gasteiger partial charge is 0.446 e. The zero-order valence-corrected chi connectivity index (χ0v) is 25.4. The van der Waals surface area contributed by atoms with E-state index in [1.807, 2.05) is 0 Å². The van der Waals surface area contributed by atoms with Gasteiger partial charge in [-0.3, -0.25) is 28.3 Å². The number of aliphatic carboxylic acids is 2. The highest BCUT2D eigenvalue weighted by atomic mass is 32.3. The molecule has 3 amide bonds. The predicted molar refractivity (Wildman–Crippen MR) is 154 cm³/mol. The molecule has 0 aliphatic carbocycles. The average Bonchev–Trinajstić information content (AvgIpc) is 2.91. The van der Waals surface area contributed by atoms with E-state index in [9.17, 15) is 51.0 Å². The lowest BCUT2D eigenvalue weighted by atomic mass is 10.0. The monoisotopic (exact) mass is 690 g/mol. The SMILES string of the molecule is C[C@H](N)C(=O)N[C@@H](Cc1ccc(OS(=O)(=O)O)cc1)C(=O)N[C@@H](CC(=O)O)C(=O)N[C@@H](Cc1ccc(OS(=O)(=O)O)cc1)C(=O)O. The third-order valence-electron chi connectivity index (χ3n) is 5.80. The maximum Gasteiger partial charge on any atom is 0.446 e. The normalized spacial score (nSPS) is 14.1. The van der Waals surface area contributed by atoms with Gasteiger partial charge in [0.25, 0.3) is 0 Å². The standard InChI is InChI=1S/C25H30N4O15S2/c1-13(26)22(32)27-18(10-14-2-6-16(7-3-14)43-45(37,38)39)23(33)28-19(12-21(30)31)24(34)29-20(25(35)36)11-15-4-8-17(9-5-15)44-46(40,41)42/h2-9,13,18-20H,10-12,26H2,1H3,(H,27,32)(H,28,33)(H,29,34)(H,30,31)(H,35,36)(H,37,38,39)(H,40,41,42)/t13-,18-,19-,20-/m0/s1. The van der Waals surface area contributed by atoms with E-state index in [0.717, 1.165) is 24.3 Å². The fourth-order valence-corrected chi connectivity index (χ4v) is 4.43. The molecule has 0 saturated heterocycles. The molecule has 0 aliphatic rings. The highest BCUT2D eigenvalue weighted by Gasteiger charge is 2.31. The van der Waals surface area contributed by atoms with Crippen LogP contribution in [0.5, 0.6) is 11.5 Å². The molecule has 0 unspecified atom stereocenters. The average molecular weight is 691 g/mol. The van der Waals surface area contributed by atoms with Gasteiger partial charge in [-0.25, -0.2) is 4.79 Å². The van der Waals surface area contributed by atoms with Gasteiger partial charge in [0, 0.05) is 12.8 Å². The number of carboxylic acids is 2. The van der Waals surface area contributed by atoms with Gasteiger partial charge in [-0.1, -0.05) is 24.3 Å². The molecule has 0 spiro atoms. The Balaban J connectivity index is 2.24. The molecule has 0 fully saturated rings. The molecule has 9 N–H and O–H groups in total. The summed E-state index contributed by atoms with van der Waals surface area (Å²) in [6.07, 6.45) is -1.67. The van der Waals surface area contributed by atoms with Gasteiger partial charge in [-0.05, 0) is 42.3 Å². The van der Waals surface area contributed by atoms with Crippen molar-refractivity contribution in [2.24, 2.45) is 5.73 Å². The van der Waals surface area contributed by atoms with Crippen molar-refractivity contribution >= 4 is 50.5 Å². The van der Waals surface area contributed by atoms with Gasteiger partial charge < -0.3 is 40.3 Å². The Morgan fingerprint density at radius 2 is 1.04 bits per heavy atom. The zero-order valence-electron chi connectivity index (χ0n) is 23.7. The molecular formula is C25H30N4O15S2. The molecule has 46 heavy (non-hydrogen) atoms. The third kappa shape index (κ3) is 13.4. The van der Waals surface area contributed by atoms with Crippen LogP contribution in [0.15, 0.2) is 48.5 Å². The Bertz CT molecular complexity index is 1640. The number of carboxylic acid groups (broad SMARTS) is 2. The molecule has 0 radical (unpaired) electrons. The third-order valence-corrected chi connectivity index (χ3v) is 6.61. The van der Waals surface area contributed by atoms with Crippen LogP contribution < -0.4 is 30.1 Å². The minimum atomic E-state index is -4.81. The molecule has 0 aliphatic heterocycles. The van der Waals surface area contributed by atoms with Crippen LogP contribution in [0.3, 0.4) is 0 Å². The molecule has 2 aromatic carbocycles. The van der Waals surface area contributed by atoms with E-state index in [0.29, 0.717) is 5.56 Å². The number of carbonyl (C=O) groups is 5. The summed E-state index contributed by atoms with van der Waals surface area (Å²) in [4.78, 5) is 62.0. The van der Waals surface area contributed by atoms with Crippen LogP contribution in [0.1, 0.15) is 24.5 Å². The molecule has 252 valence electrons. The van der Waals surface area contributed by atoms with E-state index in [4.69, 9.17) is 14.8 Å². The molecule has 0 aromatic heterocycles. The lowest BCUT2D eigenvalue weighted by Crippen LogP contribution is -2.58. The lowest BCUT2D eigenvalue weighted by molar-refractivity contribution is -0.143. The van der Waals surface area contributed by atoms with Crippen molar-refractivity contribution in [3.63, 3.8) is 0 Å². The first-order valence-corrected chi connectivity index (χ1v) is 15.6. The molecule has 0 bridgehead atoms. The fraction of sp³-hybridized carbons (Fsp3) is 0.320. The molecule has 0 saturated carbocycles. The Labute approximate surface area is 262 Å². The second-order valence-corrected chi connectivity index (χ2v) is 11.7. The van der Waals surface area contributed by atoms with Gasteiger partial charge in [-0.2, -0.15) is 16.8 Å². The zero-order chi connectivity index (χ0) is 34.8. The van der Waals surface area contributed by atoms with E-state index in [-0.39, 0.29) is 29.9 Å². The maximum absolute atomic E-state index is 13.2. The summed E-state index contributed by atoms with van der Waals surface area (Å²) in [6, 6.07) is 3.48. The van der Waals surface area contributed by atoms with E-state index in [1.165, 1.54) is 31.2 Å². The summed E-state index contributed by atoms with van der Waals surface area (Å²) in [7, 11) is -9.63. The first kappa shape index (κ1) is 37.4. The van der Waals surface area contributed by atoms with Gasteiger partial charge in [-0.15, -0.1) is 0 Å². The van der Waals surface area contributed by atoms with Gasteiger partial charge in [0.15, 0.2) is 0 Å². The van der Waals surface area contributed by atoms with Crippen molar-refractivity contribution in [1.29, 1.82) is 0 Å². The summed E-state index contributed by atoms with van der Waals surface area (Å²) < 4.78 is 69.6. The highest BCUT2D eigenvalue weighted by molar-refractivity contribution is 7.81. The van der Waals surface area contributed by atoms with Crippen LogP contribution in [0.25, 0.3) is 0 Å². The van der Waals surface area contributed by atoms with Crippen LogP contribution >= 0.6 is 0 Å². The molecule has 2 aromatic rings. The summed E-state index contributed by atoms with van der Waals surface area (Å²) in [6.45, 7) is 1.31. The minimum absolute atomic E-state index is 0.251. The summed E-state index contributed by atoms with van der Waals surface area (Å²) in [5.74, 6) is -6.74. The van der Waals surface area contributed by atoms with Crippen molar-refractivity contribution in [3.05, 3.63) is 59.7 Å². The second kappa shape index (κ2) is 15.9. The Kier molecular flexibility index (Phi) is 12.9. The number of rotatable bonds is 17. The van der Waals surface area contributed by atoms with E-state index < -0.39 is 81.0 Å². The van der Waals surface area contributed by atoms with Crippen molar-refractivity contribution in [2.45, 2.75) is 50.4 Å². The quantitative estimate of drug-likeness (QED) is 0.0849. The number of amides is 3. The van der Waals surface area contributed by atoms with Crippen molar-refractivity contribution in [2.75, 3.05) is 0 Å². The van der Waals surface area contributed by atoms with Gasteiger partial charge in [0.2, 0.25) is 17.7 Å². The number of carbonyl (C=O) groups excluding carboxylic acids is 3. The van der Waals surface area contributed by atoms with Crippen LogP contribution in [0, 0.1) is 0 Å². The van der Waals surface area contributed by atoms with Gasteiger partial charge in [0.1, 0.15) is 29.6 Å². The Morgan fingerprint density at radius 3 is 1.41 bits per heavy atom. The highest BCUT2D eigenvalue weighted by Crippen LogP contribution is 2.17. The molecular weight excluding hydrogens is 660 g/mol. The van der Waals surface area contributed by atoms with Crippen molar-refractivity contribution in [1.82, 2.24) is 16.0 Å². The largest absolute Gasteiger partial charge is 0.481 e. The molecule has 21 heteroatoms. The first-order chi connectivity index (χ1) is 21.2. The van der Waals surface area contributed by atoms with E-state index in [1.54, 1.807) is 0 Å². The molecule has 4 atom stereocenters. The minimum Gasteiger partial charge on any atom is -0.481 e. The predicted octanol–water partition coefficient (Wildman–Crippen LogP) is -1.80. The first-order valence-electron chi connectivity index (χ1n) is 12.9. The topological polar surface area (TPSA) is 315 Å². The van der Waals surface area contributed by atoms with Crippen LogP contribution in [0.2, 0.25) is 0 Å². The van der Waals surface area contributed by atoms with Crippen molar-refractivity contribution in [3.8, 4) is 11.5 Å². The van der Waals surface area contributed by atoms with Gasteiger partial charge >= 0.3 is 32.7 Å².